The summed E-state index contributed by atoms with van der Waals surface area (Å²) in [6, 6.07) is 5.57. The number of benzene rings is 1. The molecule has 1 aliphatic rings. The molecule has 4 nitrogen and oxygen atoms in total. The van der Waals surface area contributed by atoms with Crippen molar-refractivity contribution in [2.24, 2.45) is 5.73 Å². The summed E-state index contributed by atoms with van der Waals surface area (Å²) in [5.41, 5.74) is 7.46. The SMILES string of the molecule is CN(Cc1ccc2c(c1)CCO2)C(N)=O. The number of rotatable bonds is 2. The molecular formula is C11H14N2O2. The standard InChI is InChI=1S/C11H14N2O2/c1-13(11(12)14)7-8-2-3-10-9(6-8)4-5-15-10/h2-3,6H,4-5,7H2,1H3,(H2,12,14). The predicted molar refractivity (Wildman–Crippen MR) is 56.7 cm³/mol. The van der Waals surface area contributed by atoms with E-state index in [0.717, 1.165) is 24.3 Å². The van der Waals surface area contributed by atoms with Crippen LogP contribution in [0.1, 0.15) is 11.1 Å². The molecule has 0 unspecified atom stereocenters. The van der Waals surface area contributed by atoms with Gasteiger partial charge in [0.2, 0.25) is 0 Å². The zero-order chi connectivity index (χ0) is 10.8. The Balaban J connectivity index is 2.13. The molecule has 0 radical (unpaired) electrons. The highest BCUT2D eigenvalue weighted by molar-refractivity contribution is 5.71. The van der Waals surface area contributed by atoms with Gasteiger partial charge < -0.3 is 15.4 Å². The maximum Gasteiger partial charge on any atom is 0.314 e. The zero-order valence-corrected chi connectivity index (χ0v) is 8.69. The Labute approximate surface area is 88.6 Å². The number of hydrogen-bond acceptors (Lipinski definition) is 2. The first kappa shape index (κ1) is 9.83. The van der Waals surface area contributed by atoms with Crippen LogP contribution >= 0.6 is 0 Å². The smallest absolute Gasteiger partial charge is 0.314 e. The Morgan fingerprint density at radius 3 is 3.13 bits per heavy atom. The van der Waals surface area contributed by atoms with Crippen LogP contribution in [0.5, 0.6) is 5.75 Å². The van der Waals surface area contributed by atoms with Crippen LogP contribution in [-0.2, 0) is 13.0 Å². The van der Waals surface area contributed by atoms with Crippen LogP contribution < -0.4 is 10.5 Å². The summed E-state index contributed by atoms with van der Waals surface area (Å²) in [7, 11) is 1.69. The van der Waals surface area contributed by atoms with Crippen LogP contribution in [-0.4, -0.2) is 24.6 Å². The van der Waals surface area contributed by atoms with Gasteiger partial charge in [-0.1, -0.05) is 12.1 Å². The van der Waals surface area contributed by atoms with E-state index in [4.69, 9.17) is 10.5 Å². The van der Waals surface area contributed by atoms with Crippen LogP contribution in [0, 0.1) is 0 Å². The number of amides is 2. The van der Waals surface area contributed by atoms with Gasteiger partial charge in [0.1, 0.15) is 5.75 Å². The average Bonchev–Trinajstić information content (AvgIpc) is 2.64. The molecule has 4 heteroatoms. The molecule has 1 aromatic carbocycles. The number of carbonyl (C=O) groups excluding carboxylic acids is 1. The summed E-state index contributed by atoms with van der Waals surface area (Å²) in [6.45, 7) is 1.30. The minimum absolute atomic E-state index is 0.410. The minimum Gasteiger partial charge on any atom is -0.493 e. The number of nitrogens with zero attached hydrogens (tertiary/aromatic N) is 1. The highest BCUT2D eigenvalue weighted by Crippen LogP contribution is 2.26. The Morgan fingerprint density at radius 2 is 2.40 bits per heavy atom. The molecule has 15 heavy (non-hydrogen) atoms. The molecule has 0 aromatic heterocycles. The van der Waals surface area contributed by atoms with Crippen molar-refractivity contribution in [2.75, 3.05) is 13.7 Å². The minimum atomic E-state index is -0.410. The summed E-state index contributed by atoms with van der Waals surface area (Å²) in [5.74, 6) is 0.959. The van der Waals surface area contributed by atoms with E-state index in [0.29, 0.717) is 6.54 Å². The molecule has 2 N–H and O–H groups in total. The van der Waals surface area contributed by atoms with Gasteiger partial charge in [0.05, 0.1) is 6.61 Å². The zero-order valence-electron chi connectivity index (χ0n) is 8.69. The van der Waals surface area contributed by atoms with Gasteiger partial charge in [-0.3, -0.25) is 0 Å². The highest BCUT2D eigenvalue weighted by atomic mass is 16.5. The third-order valence-electron chi connectivity index (χ3n) is 2.55. The molecule has 80 valence electrons. The second-order valence-electron chi connectivity index (χ2n) is 3.73. The third kappa shape index (κ3) is 2.03. The number of primary amides is 1. The second kappa shape index (κ2) is 3.81. The van der Waals surface area contributed by atoms with Gasteiger partial charge >= 0.3 is 6.03 Å². The maximum absolute atomic E-state index is 10.9. The molecule has 0 saturated heterocycles. The summed E-state index contributed by atoms with van der Waals surface area (Å²) in [5, 5.41) is 0. The van der Waals surface area contributed by atoms with Gasteiger partial charge in [0.25, 0.3) is 0 Å². The van der Waals surface area contributed by atoms with Crippen molar-refractivity contribution in [3.05, 3.63) is 29.3 Å². The lowest BCUT2D eigenvalue weighted by atomic mass is 10.1. The van der Waals surface area contributed by atoms with Crippen LogP contribution in [0.25, 0.3) is 0 Å². The summed E-state index contributed by atoms with van der Waals surface area (Å²) >= 11 is 0. The number of hydrogen-bond donors (Lipinski definition) is 1. The molecule has 0 bridgehead atoms. The first-order valence-electron chi connectivity index (χ1n) is 4.92. The van der Waals surface area contributed by atoms with Gasteiger partial charge in [0, 0.05) is 20.0 Å². The number of ether oxygens (including phenoxy) is 1. The molecule has 1 heterocycles. The Hall–Kier alpha value is -1.71. The molecule has 2 rings (SSSR count). The van der Waals surface area contributed by atoms with Crippen molar-refractivity contribution in [3.63, 3.8) is 0 Å². The van der Waals surface area contributed by atoms with E-state index in [-0.39, 0.29) is 0 Å². The lowest BCUT2D eigenvalue weighted by Gasteiger charge is -2.14. The molecule has 1 aliphatic heterocycles. The van der Waals surface area contributed by atoms with E-state index in [2.05, 4.69) is 6.07 Å². The number of fused-ring (bicyclic) bond motifs is 1. The van der Waals surface area contributed by atoms with Crippen molar-refractivity contribution in [3.8, 4) is 5.75 Å². The largest absolute Gasteiger partial charge is 0.493 e. The van der Waals surface area contributed by atoms with Gasteiger partial charge in [-0.2, -0.15) is 0 Å². The van der Waals surface area contributed by atoms with Crippen LogP contribution in [0.3, 0.4) is 0 Å². The molecule has 0 aliphatic carbocycles. The van der Waals surface area contributed by atoms with E-state index >= 15 is 0 Å². The van der Waals surface area contributed by atoms with Gasteiger partial charge in [-0.25, -0.2) is 4.79 Å². The Morgan fingerprint density at radius 1 is 1.60 bits per heavy atom. The quantitative estimate of drug-likeness (QED) is 0.788. The topological polar surface area (TPSA) is 55.6 Å². The fourth-order valence-corrected chi connectivity index (χ4v) is 1.69. The lowest BCUT2D eigenvalue weighted by Crippen LogP contribution is -2.31. The summed E-state index contributed by atoms with van der Waals surface area (Å²) in [6.07, 6.45) is 0.948. The fraction of sp³-hybridized carbons (Fsp3) is 0.364. The molecule has 0 fully saturated rings. The van der Waals surface area contributed by atoms with Gasteiger partial charge in [-0.15, -0.1) is 0 Å². The van der Waals surface area contributed by atoms with Crippen LogP contribution in [0.15, 0.2) is 18.2 Å². The first-order valence-corrected chi connectivity index (χ1v) is 4.92. The molecule has 0 spiro atoms. The maximum atomic E-state index is 10.9. The van der Waals surface area contributed by atoms with Crippen molar-refractivity contribution in [1.29, 1.82) is 0 Å². The molecule has 2 amide bonds. The van der Waals surface area contributed by atoms with Gasteiger partial charge in [-0.05, 0) is 17.2 Å². The highest BCUT2D eigenvalue weighted by Gasteiger charge is 2.13. The average molecular weight is 206 g/mol. The summed E-state index contributed by atoms with van der Waals surface area (Å²) < 4.78 is 5.40. The predicted octanol–water partition coefficient (Wildman–Crippen LogP) is 1.13. The Kier molecular flexibility index (Phi) is 2.49. The molecule has 0 atom stereocenters. The summed E-state index contributed by atoms with van der Waals surface area (Å²) in [4.78, 5) is 12.3. The van der Waals surface area contributed by atoms with E-state index in [1.807, 2.05) is 12.1 Å². The van der Waals surface area contributed by atoms with E-state index < -0.39 is 6.03 Å². The van der Waals surface area contributed by atoms with Crippen molar-refractivity contribution >= 4 is 6.03 Å². The second-order valence-corrected chi connectivity index (χ2v) is 3.73. The van der Waals surface area contributed by atoms with E-state index in [9.17, 15) is 4.79 Å². The molecule has 0 saturated carbocycles. The van der Waals surface area contributed by atoms with Gasteiger partial charge in [0.15, 0.2) is 0 Å². The number of nitrogens with two attached hydrogens (primary N) is 1. The molecule has 1 aromatic rings. The lowest BCUT2D eigenvalue weighted by molar-refractivity contribution is 0.216. The number of urea groups is 1. The first-order chi connectivity index (χ1) is 7.16. The molecular weight excluding hydrogens is 192 g/mol. The number of carbonyl (C=O) groups is 1. The fourth-order valence-electron chi connectivity index (χ4n) is 1.69. The van der Waals surface area contributed by atoms with E-state index in [1.54, 1.807) is 7.05 Å². The monoisotopic (exact) mass is 206 g/mol. The van der Waals surface area contributed by atoms with Crippen molar-refractivity contribution < 1.29 is 9.53 Å². The van der Waals surface area contributed by atoms with Crippen molar-refractivity contribution in [1.82, 2.24) is 4.90 Å². The third-order valence-corrected chi connectivity index (χ3v) is 2.55. The van der Waals surface area contributed by atoms with Crippen LogP contribution in [0.2, 0.25) is 0 Å². The van der Waals surface area contributed by atoms with Crippen molar-refractivity contribution in [2.45, 2.75) is 13.0 Å². The van der Waals surface area contributed by atoms with Crippen LogP contribution in [0.4, 0.5) is 4.79 Å². The Bertz CT molecular complexity index is 390. The van der Waals surface area contributed by atoms with E-state index in [1.165, 1.54) is 10.5 Å². The normalized spacial score (nSPS) is 13.1.